The van der Waals surface area contributed by atoms with Crippen LogP contribution in [0, 0.1) is 0 Å². The van der Waals surface area contributed by atoms with E-state index in [1.165, 1.54) is 0 Å². The summed E-state index contributed by atoms with van der Waals surface area (Å²) in [7, 11) is 0. The number of carbonyl (C=O) groups excluding carboxylic acids is 1. The van der Waals surface area contributed by atoms with Gasteiger partial charge in [0, 0.05) is 19.7 Å². The lowest BCUT2D eigenvalue weighted by Crippen LogP contribution is -2.33. The third kappa shape index (κ3) is 5.64. The van der Waals surface area contributed by atoms with Crippen molar-refractivity contribution in [2.45, 2.75) is 33.6 Å². The molecule has 0 bridgehead atoms. The molecule has 0 fully saturated rings. The van der Waals surface area contributed by atoms with Gasteiger partial charge in [0.05, 0.1) is 0 Å². The molecule has 0 unspecified atom stereocenters. The number of carbonyl (C=O) groups is 1. The molecule has 0 spiro atoms. The maximum atomic E-state index is 11.4. The average Bonchev–Trinajstić information content (AvgIpc) is 2.14. The first-order valence-electron chi connectivity index (χ1n) is 5.11. The summed E-state index contributed by atoms with van der Waals surface area (Å²) in [6.07, 6.45) is 2.14. The molecule has 78 valence electrons. The highest BCUT2D eigenvalue weighted by molar-refractivity contribution is 5.77. The highest BCUT2D eigenvalue weighted by atomic mass is 16.5. The SMILES string of the molecule is CCCCOCC(=O)N(CC)CC. The van der Waals surface area contributed by atoms with Crippen LogP contribution in [0.5, 0.6) is 0 Å². The number of nitrogens with zero attached hydrogens (tertiary/aromatic N) is 1. The van der Waals surface area contributed by atoms with Crippen molar-refractivity contribution in [3.8, 4) is 0 Å². The average molecular weight is 187 g/mol. The second-order valence-electron chi connectivity index (χ2n) is 2.97. The molecule has 0 N–H and O–H groups in total. The van der Waals surface area contributed by atoms with Crippen molar-refractivity contribution in [3.63, 3.8) is 0 Å². The Bertz CT molecular complexity index is 133. The molecule has 0 heterocycles. The van der Waals surface area contributed by atoms with Gasteiger partial charge in [-0.2, -0.15) is 0 Å². The van der Waals surface area contributed by atoms with Gasteiger partial charge in [-0.1, -0.05) is 13.3 Å². The van der Waals surface area contributed by atoms with E-state index in [0.29, 0.717) is 6.61 Å². The summed E-state index contributed by atoms with van der Waals surface area (Å²) in [5.41, 5.74) is 0. The molecule has 0 saturated heterocycles. The predicted molar refractivity (Wildman–Crippen MR) is 53.7 cm³/mol. The molecule has 0 saturated carbocycles. The number of likely N-dealkylation sites (N-methyl/N-ethyl adjacent to an activating group) is 1. The summed E-state index contributed by atoms with van der Waals surface area (Å²) >= 11 is 0. The van der Waals surface area contributed by atoms with Gasteiger partial charge in [-0.3, -0.25) is 4.79 Å². The normalized spacial score (nSPS) is 10.1. The van der Waals surface area contributed by atoms with Gasteiger partial charge >= 0.3 is 0 Å². The zero-order valence-electron chi connectivity index (χ0n) is 9.01. The third-order valence-corrected chi connectivity index (χ3v) is 1.98. The van der Waals surface area contributed by atoms with E-state index >= 15 is 0 Å². The minimum Gasteiger partial charge on any atom is -0.372 e. The fourth-order valence-corrected chi connectivity index (χ4v) is 1.07. The summed E-state index contributed by atoms with van der Waals surface area (Å²) in [5.74, 6) is 0.0982. The maximum absolute atomic E-state index is 11.4. The Morgan fingerprint density at radius 3 is 2.31 bits per heavy atom. The van der Waals surface area contributed by atoms with E-state index in [0.717, 1.165) is 25.9 Å². The van der Waals surface area contributed by atoms with Crippen molar-refractivity contribution in [2.24, 2.45) is 0 Å². The van der Waals surface area contributed by atoms with Gasteiger partial charge in [0.1, 0.15) is 6.61 Å². The largest absolute Gasteiger partial charge is 0.372 e. The molecule has 0 atom stereocenters. The van der Waals surface area contributed by atoms with Crippen LogP contribution in [0.4, 0.5) is 0 Å². The van der Waals surface area contributed by atoms with E-state index in [-0.39, 0.29) is 12.5 Å². The first kappa shape index (κ1) is 12.4. The molecule has 0 aliphatic carbocycles. The minimum atomic E-state index is 0.0982. The lowest BCUT2D eigenvalue weighted by molar-refractivity contribution is -0.135. The summed E-state index contributed by atoms with van der Waals surface area (Å²) in [5, 5.41) is 0. The van der Waals surface area contributed by atoms with Crippen LogP contribution < -0.4 is 0 Å². The van der Waals surface area contributed by atoms with Crippen molar-refractivity contribution in [2.75, 3.05) is 26.3 Å². The van der Waals surface area contributed by atoms with Crippen molar-refractivity contribution in [1.29, 1.82) is 0 Å². The van der Waals surface area contributed by atoms with E-state index < -0.39 is 0 Å². The number of unbranched alkanes of at least 4 members (excludes halogenated alkanes) is 1. The first-order chi connectivity index (χ1) is 6.26. The molecule has 0 radical (unpaired) electrons. The predicted octanol–water partition coefficient (Wildman–Crippen LogP) is 1.67. The van der Waals surface area contributed by atoms with Crippen LogP contribution in [0.1, 0.15) is 33.6 Å². The zero-order chi connectivity index (χ0) is 10.1. The van der Waals surface area contributed by atoms with Crippen LogP contribution >= 0.6 is 0 Å². The van der Waals surface area contributed by atoms with Crippen molar-refractivity contribution in [3.05, 3.63) is 0 Å². The molecule has 0 aromatic carbocycles. The van der Waals surface area contributed by atoms with Crippen LogP contribution in [0.3, 0.4) is 0 Å². The van der Waals surface area contributed by atoms with E-state index in [1.807, 2.05) is 13.8 Å². The van der Waals surface area contributed by atoms with Gasteiger partial charge in [-0.05, 0) is 20.3 Å². The summed E-state index contributed by atoms with van der Waals surface area (Å²) in [4.78, 5) is 13.2. The van der Waals surface area contributed by atoms with Crippen LogP contribution in [-0.4, -0.2) is 37.1 Å². The van der Waals surface area contributed by atoms with Gasteiger partial charge in [-0.15, -0.1) is 0 Å². The maximum Gasteiger partial charge on any atom is 0.248 e. The second kappa shape index (κ2) is 8.05. The Morgan fingerprint density at radius 2 is 1.85 bits per heavy atom. The Balaban J connectivity index is 3.48. The smallest absolute Gasteiger partial charge is 0.248 e. The van der Waals surface area contributed by atoms with Crippen LogP contribution in [0.25, 0.3) is 0 Å². The molecule has 0 aromatic heterocycles. The summed E-state index contributed by atoms with van der Waals surface area (Å²) in [6, 6.07) is 0. The Kier molecular flexibility index (Phi) is 7.69. The van der Waals surface area contributed by atoms with E-state index in [1.54, 1.807) is 4.90 Å². The third-order valence-electron chi connectivity index (χ3n) is 1.98. The molecule has 3 heteroatoms. The van der Waals surface area contributed by atoms with Gasteiger partial charge in [-0.25, -0.2) is 0 Å². The van der Waals surface area contributed by atoms with E-state index in [2.05, 4.69) is 6.92 Å². The Hall–Kier alpha value is -0.570. The van der Waals surface area contributed by atoms with Gasteiger partial charge in [0.15, 0.2) is 0 Å². The molecule has 0 aliphatic rings. The number of amides is 1. The summed E-state index contributed by atoms with van der Waals surface area (Å²) in [6.45, 7) is 8.54. The number of hydrogen-bond acceptors (Lipinski definition) is 2. The van der Waals surface area contributed by atoms with Crippen LogP contribution in [-0.2, 0) is 9.53 Å². The van der Waals surface area contributed by atoms with Crippen molar-refractivity contribution < 1.29 is 9.53 Å². The highest BCUT2D eigenvalue weighted by Crippen LogP contribution is 1.92. The number of ether oxygens (including phenoxy) is 1. The second-order valence-corrected chi connectivity index (χ2v) is 2.97. The number of hydrogen-bond donors (Lipinski definition) is 0. The van der Waals surface area contributed by atoms with E-state index in [4.69, 9.17) is 4.74 Å². The molecule has 0 rings (SSSR count). The topological polar surface area (TPSA) is 29.5 Å². The molecular weight excluding hydrogens is 166 g/mol. The molecule has 3 nitrogen and oxygen atoms in total. The quantitative estimate of drug-likeness (QED) is 0.567. The lowest BCUT2D eigenvalue weighted by atomic mass is 10.4. The monoisotopic (exact) mass is 187 g/mol. The molecule has 13 heavy (non-hydrogen) atoms. The Labute approximate surface area is 81.1 Å². The number of rotatable bonds is 7. The standard InChI is InChI=1S/C10H21NO2/c1-4-7-8-13-9-10(12)11(5-2)6-3/h4-9H2,1-3H3. The van der Waals surface area contributed by atoms with Gasteiger partial charge in [0.25, 0.3) is 0 Å². The zero-order valence-corrected chi connectivity index (χ0v) is 9.01. The highest BCUT2D eigenvalue weighted by Gasteiger charge is 2.08. The van der Waals surface area contributed by atoms with Gasteiger partial charge < -0.3 is 9.64 Å². The Morgan fingerprint density at radius 1 is 1.23 bits per heavy atom. The molecule has 0 aliphatic heterocycles. The van der Waals surface area contributed by atoms with E-state index in [9.17, 15) is 4.79 Å². The first-order valence-corrected chi connectivity index (χ1v) is 5.11. The fraction of sp³-hybridized carbons (Fsp3) is 0.900. The molecule has 1 amide bonds. The molecular formula is C10H21NO2. The molecule has 0 aromatic rings. The fourth-order valence-electron chi connectivity index (χ4n) is 1.07. The van der Waals surface area contributed by atoms with Crippen LogP contribution in [0.2, 0.25) is 0 Å². The minimum absolute atomic E-state index is 0.0982. The lowest BCUT2D eigenvalue weighted by Gasteiger charge is -2.18. The van der Waals surface area contributed by atoms with Crippen molar-refractivity contribution >= 4 is 5.91 Å². The van der Waals surface area contributed by atoms with Crippen LogP contribution in [0.15, 0.2) is 0 Å². The van der Waals surface area contributed by atoms with Crippen molar-refractivity contribution in [1.82, 2.24) is 4.90 Å². The summed E-state index contributed by atoms with van der Waals surface area (Å²) < 4.78 is 5.23. The van der Waals surface area contributed by atoms with Gasteiger partial charge in [0.2, 0.25) is 5.91 Å².